The molecule has 11 heteroatoms. The van der Waals surface area contributed by atoms with Crippen LogP contribution in [-0.4, -0.2) is 64.3 Å². The first-order valence-electron chi connectivity index (χ1n) is 11.0. The van der Waals surface area contributed by atoms with Crippen LogP contribution in [0.25, 0.3) is 0 Å². The maximum Gasteiger partial charge on any atom is 0.251 e. The molecule has 1 aromatic carbocycles. The molecule has 0 aliphatic carbocycles. The van der Waals surface area contributed by atoms with Gasteiger partial charge in [-0.1, -0.05) is 13.8 Å². The Morgan fingerprint density at radius 1 is 1.18 bits per heavy atom. The van der Waals surface area contributed by atoms with E-state index < -0.39 is 5.82 Å². The van der Waals surface area contributed by atoms with E-state index in [1.54, 1.807) is 6.20 Å². The fourth-order valence-corrected chi connectivity index (χ4v) is 3.26. The topological polar surface area (TPSA) is 106 Å². The molecule has 3 rings (SSSR count). The molecule has 34 heavy (non-hydrogen) atoms. The van der Waals surface area contributed by atoms with Gasteiger partial charge >= 0.3 is 0 Å². The number of carbonyl (C=O) groups excluding carboxylic acids is 1. The van der Waals surface area contributed by atoms with E-state index in [0.29, 0.717) is 11.7 Å². The highest BCUT2D eigenvalue weighted by atomic mass is 19.1. The number of anilines is 2. The Bertz CT molecular complexity index is 1080. The van der Waals surface area contributed by atoms with Crippen molar-refractivity contribution in [2.75, 3.05) is 39.1 Å². The number of aromatic nitrogens is 4. The first kappa shape index (κ1) is 24.9. The second kappa shape index (κ2) is 11.9. The summed E-state index contributed by atoms with van der Waals surface area (Å²) in [5.41, 5.74) is 1.22. The molecule has 0 fully saturated rings. The molecule has 0 aliphatic heterocycles. The predicted molar refractivity (Wildman–Crippen MR) is 126 cm³/mol. The van der Waals surface area contributed by atoms with Gasteiger partial charge in [-0.2, -0.15) is 5.10 Å². The van der Waals surface area contributed by atoms with Crippen LogP contribution >= 0.6 is 0 Å². The zero-order valence-corrected chi connectivity index (χ0v) is 19.8. The van der Waals surface area contributed by atoms with Crippen LogP contribution in [-0.2, 0) is 13.2 Å². The molecule has 0 saturated heterocycles. The van der Waals surface area contributed by atoms with Crippen molar-refractivity contribution in [1.29, 1.82) is 0 Å². The van der Waals surface area contributed by atoms with Crippen LogP contribution < -0.4 is 20.1 Å². The summed E-state index contributed by atoms with van der Waals surface area (Å²) in [5.74, 6) is -0.246. The van der Waals surface area contributed by atoms with Crippen LogP contribution in [0.4, 0.5) is 16.0 Å². The Morgan fingerprint density at radius 3 is 2.56 bits per heavy atom. The number of nitrogens with one attached hydrogen (secondary N) is 2. The van der Waals surface area contributed by atoms with Crippen LogP contribution in [0.3, 0.4) is 0 Å². The normalized spacial score (nSPS) is 10.9. The van der Waals surface area contributed by atoms with Gasteiger partial charge in [-0.25, -0.2) is 14.4 Å². The zero-order chi connectivity index (χ0) is 24.5. The monoisotopic (exact) mass is 471 g/mol. The van der Waals surface area contributed by atoms with Crippen LogP contribution in [0.15, 0.2) is 36.9 Å². The number of ether oxygens (including phenoxy) is 2. The first-order chi connectivity index (χ1) is 16.5. The molecular formula is C23H30FN7O3. The van der Waals surface area contributed by atoms with Crippen LogP contribution in [0.5, 0.6) is 11.5 Å². The van der Waals surface area contributed by atoms with Gasteiger partial charge in [0.1, 0.15) is 6.61 Å². The fourth-order valence-electron chi connectivity index (χ4n) is 3.26. The SMILES string of the molecule is CCN(CC)CCn1cc(Nc2ncc(OCc3cc(C(=O)NC)cc(OC)c3F)cn2)cn1. The predicted octanol–water partition coefficient (Wildman–Crippen LogP) is 2.84. The molecule has 0 unspecified atom stereocenters. The lowest BCUT2D eigenvalue weighted by Crippen LogP contribution is -2.27. The highest BCUT2D eigenvalue weighted by Gasteiger charge is 2.16. The van der Waals surface area contributed by atoms with E-state index in [1.165, 1.54) is 38.7 Å². The lowest BCUT2D eigenvalue weighted by Gasteiger charge is -2.17. The molecule has 182 valence electrons. The van der Waals surface area contributed by atoms with E-state index >= 15 is 0 Å². The third kappa shape index (κ3) is 6.41. The number of nitrogens with zero attached hydrogens (tertiary/aromatic N) is 5. The third-order valence-electron chi connectivity index (χ3n) is 5.28. The lowest BCUT2D eigenvalue weighted by molar-refractivity contribution is 0.0962. The average Bonchev–Trinajstić information content (AvgIpc) is 3.31. The molecule has 0 saturated carbocycles. The summed E-state index contributed by atoms with van der Waals surface area (Å²) in [6, 6.07) is 2.76. The van der Waals surface area contributed by atoms with Crippen molar-refractivity contribution in [2.24, 2.45) is 0 Å². The van der Waals surface area contributed by atoms with E-state index in [9.17, 15) is 9.18 Å². The van der Waals surface area contributed by atoms with Crippen molar-refractivity contribution >= 4 is 17.5 Å². The Morgan fingerprint density at radius 2 is 1.91 bits per heavy atom. The number of methoxy groups -OCH3 is 1. The van der Waals surface area contributed by atoms with Crippen molar-refractivity contribution < 1.29 is 18.7 Å². The number of rotatable bonds is 12. The average molecular weight is 472 g/mol. The minimum atomic E-state index is -0.590. The number of halogens is 1. The molecule has 0 bridgehead atoms. The maximum absolute atomic E-state index is 14.6. The van der Waals surface area contributed by atoms with Gasteiger partial charge in [0, 0.05) is 30.9 Å². The second-order valence-electron chi connectivity index (χ2n) is 7.41. The molecular weight excluding hydrogens is 441 g/mol. The van der Waals surface area contributed by atoms with Crippen molar-refractivity contribution in [2.45, 2.75) is 27.0 Å². The Labute approximate surface area is 198 Å². The van der Waals surface area contributed by atoms with Gasteiger partial charge < -0.3 is 25.0 Å². The summed E-state index contributed by atoms with van der Waals surface area (Å²) in [6.07, 6.45) is 6.58. The highest BCUT2D eigenvalue weighted by Crippen LogP contribution is 2.24. The third-order valence-corrected chi connectivity index (χ3v) is 5.28. The van der Waals surface area contributed by atoms with E-state index in [1.807, 2.05) is 10.9 Å². The molecule has 1 amide bonds. The maximum atomic E-state index is 14.6. The van der Waals surface area contributed by atoms with Crippen LogP contribution in [0.2, 0.25) is 0 Å². The van der Waals surface area contributed by atoms with E-state index in [-0.39, 0.29) is 29.4 Å². The van der Waals surface area contributed by atoms with E-state index in [4.69, 9.17) is 9.47 Å². The van der Waals surface area contributed by atoms with Crippen molar-refractivity contribution in [1.82, 2.24) is 30.0 Å². The van der Waals surface area contributed by atoms with Crippen molar-refractivity contribution in [3.05, 3.63) is 53.9 Å². The summed E-state index contributed by atoms with van der Waals surface area (Å²) in [7, 11) is 2.84. The molecule has 0 radical (unpaired) electrons. The van der Waals surface area contributed by atoms with E-state index in [2.05, 4.69) is 44.4 Å². The van der Waals surface area contributed by atoms with Crippen LogP contribution in [0, 0.1) is 5.82 Å². The van der Waals surface area contributed by atoms with Gasteiger partial charge in [0.05, 0.1) is 37.9 Å². The largest absolute Gasteiger partial charge is 0.494 e. The van der Waals surface area contributed by atoms with E-state index in [0.717, 1.165) is 31.9 Å². The number of hydrogen-bond donors (Lipinski definition) is 2. The van der Waals surface area contributed by atoms with Gasteiger partial charge in [0.15, 0.2) is 17.3 Å². The molecule has 0 atom stereocenters. The summed E-state index contributed by atoms with van der Waals surface area (Å²) in [4.78, 5) is 22.7. The van der Waals surface area contributed by atoms with Crippen molar-refractivity contribution in [3.8, 4) is 11.5 Å². The molecule has 0 spiro atoms. The van der Waals surface area contributed by atoms with Gasteiger partial charge in [0.25, 0.3) is 5.91 Å². The van der Waals surface area contributed by atoms with Gasteiger partial charge in [0.2, 0.25) is 5.95 Å². The number of hydrogen-bond acceptors (Lipinski definition) is 8. The molecule has 3 aromatic rings. The summed E-state index contributed by atoms with van der Waals surface area (Å²) < 4.78 is 27.1. The highest BCUT2D eigenvalue weighted by molar-refractivity contribution is 5.94. The minimum Gasteiger partial charge on any atom is -0.494 e. The van der Waals surface area contributed by atoms with Gasteiger partial charge in [-0.3, -0.25) is 9.48 Å². The van der Waals surface area contributed by atoms with Gasteiger partial charge in [-0.05, 0) is 25.2 Å². The van der Waals surface area contributed by atoms with Crippen molar-refractivity contribution in [3.63, 3.8) is 0 Å². The molecule has 2 heterocycles. The number of amides is 1. The molecule has 2 N–H and O–H groups in total. The molecule has 10 nitrogen and oxygen atoms in total. The Hall–Kier alpha value is -3.73. The van der Waals surface area contributed by atoms with Gasteiger partial charge in [-0.15, -0.1) is 0 Å². The number of likely N-dealkylation sites (N-methyl/N-ethyl adjacent to an activating group) is 1. The summed E-state index contributed by atoms with van der Waals surface area (Å²) >= 11 is 0. The molecule has 2 aromatic heterocycles. The smallest absolute Gasteiger partial charge is 0.251 e. The Kier molecular flexibility index (Phi) is 8.74. The minimum absolute atomic E-state index is 0.0341. The summed E-state index contributed by atoms with van der Waals surface area (Å²) in [6.45, 7) is 7.88. The number of benzene rings is 1. The standard InChI is InChI=1S/C23H30FN7O3/c1-5-30(6-2)7-8-31-14-18(11-28-31)29-23-26-12-19(13-27-23)34-15-17-9-16(22(32)25-3)10-20(33-4)21(17)24/h9-14H,5-8,15H2,1-4H3,(H,25,32)(H,26,27,29). The quantitative estimate of drug-likeness (QED) is 0.415. The molecule has 0 aliphatic rings. The lowest BCUT2D eigenvalue weighted by atomic mass is 10.1. The Balaban J connectivity index is 1.59. The fraction of sp³-hybridized carbons (Fsp3) is 0.391. The van der Waals surface area contributed by atoms with Crippen LogP contribution in [0.1, 0.15) is 29.8 Å². The number of carbonyl (C=O) groups is 1. The summed E-state index contributed by atoms with van der Waals surface area (Å²) in [5, 5.41) is 9.96. The first-order valence-corrected chi connectivity index (χ1v) is 11.0. The second-order valence-corrected chi connectivity index (χ2v) is 7.41. The zero-order valence-electron chi connectivity index (χ0n) is 19.8.